The predicted octanol–water partition coefficient (Wildman–Crippen LogP) is 3.82. The number of carbonyl (C=O) groups excluding carboxylic acids is 1. The first-order valence-electron chi connectivity index (χ1n) is 9.18. The minimum atomic E-state index is -3.87. The number of morpholine rings is 1. The number of sulfonamides is 1. The third-order valence-corrected chi connectivity index (χ3v) is 7.49. The molecule has 1 amide bonds. The van der Waals surface area contributed by atoms with Crippen LogP contribution in [-0.2, 0) is 20.3 Å². The average molecular weight is 475 g/mol. The average Bonchev–Trinajstić information content (AvgIpc) is 2.70. The fourth-order valence-corrected chi connectivity index (χ4v) is 4.82. The molecule has 1 saturated heterocycles. The Labute approximate surface area is 185 Å². The summed E-state index contributed by atoms with van der Waals surface area (Å²) in [5, 5.41) is 3.42. The van der Waals surface area contributed by atoms with Gasteiger partial charge >= 0.3 is 0 Å². The van der Waals surface area contributed by atoms with Gasteiger partial charge in [-0.2, -0.15) is 4.31 Å². The molecule has 1 aliphatic heterocycles. The standard InChI is InChI=1S/C20H21Cl2FN2O4S/c1-20(2,13-3-5-16(21)17(22)11-13)24-19(26)15-12-14(4-6-18(15)23)30(27,28)25-7-9-29-10-8-25/h3-6,11-12H,7-10H2,1-2H3,(H,24,26). The Bertz CT molecular complexity index is 1070. The first kappa shape index (κ1) is 23.0. The molecule has 0 bridgehead atoms. The number of rotatable bonds is 5. The maximum atomic E-state index is 14.4. The number of nitrogens with zero attached hydrogens (tertiary/aromatic N) is 1. The second kappa shape index (κ2) is 8.80. The first-order chi connectivity index (χ1) is 14.0. The molecule has 0 unspecified atom stereocenters. The van der Waals surface area contributed by atoms with Gasteiger partial charge in [0.25, 0.3) is 5.91 Å². The number of halogens is 3. The molecule has 1 N–H and O–H groups in total. The van der Waals surface area contributed by atoms with E-state index in [-0.39, 0.29) is 36.8 Å². The minimum Gasteiger partial charge on any atom is -0.379 e. The van der Waals surface area contributed by atoms with Gasteiger partial charge in [-0.25, -0.2) is 12.8 Å². The van der Waals surface area contributed by atoms with Crippen molar-refractivity contribution in [1.29, 1.82) is 0 Å². The monoisotopic (exact) mass is 474 g/mol. The van der Waals surface area contributed by atoms with Crippen LogP contribution in [0.1, 0.15) is 29.8 Å². The fraction of sp³-hybridized carbons (Fsp3) is 0.350. The lowest BCUT2D eigenvalue weighted by atomic mass is 9.94. The predicted molar refractivity (Wildman–Crippen MR) is 113 cm³/mol. The van der Waals surface area contributed by atoms with E-state index in [4.69, 9.17) is 27.9 Å². The molecule has 0 aromatic heterocycles. The first-order valence-corrected chi connectivity index (χ1v) is 11.4. The molecule has 0 saturated carbocycles. The van der Waals surface area contributed by atoms with Crippen LogP contribution in [0.3, 0.4) is 0 Å². The molecular formula is C20H21Cl2FN2O4S. The van der Waals surface area contributed by atoms with Crippen LogP contribution in [0.15, 0.2) is 41.3 Å². The number of hydrogen-bond donors (Lipinski definition) is 1. The van der Waals surface area contributed by atoms with Crippen molar-refractivity contribution in [2.75, 3.05) is 26.3 Å². The van der Waals surface area contributed by atoms with Crippen molar-refractivity contribution in [3.05, 3.63) is 63.4 Å². The van der Waals surface area contributed by atoms with Gasteiger partial charge in [0, 0.05) is 13.1 Å². The van der Waals surface area contributed by atoms with Gasteiger partial charge in [0.2, 0.25) is 10.0 Å². The SMILES string of the molecule is CC(C)(NC(=O)c1cc(S(=O)(=O)N2CCOCC2)ccc1F)c1ccc(Cl)c(Cl)c1. The van der Waals surface area contributed by atoms with Crippen molar-refractivity contribution in [3.8, 4) is 0 Å². The van der Waals surface area contributed by atoms with Crippen molar-refractivity contribution in [2.24, 2.45) is 0 Å². The molecule has 30 heavy (non-hydrogen) atoms. The van der Waals surface area contributed by atoms with Gasteiger partial charge in [-0.05, 0) is 49.7 Å². The Balaban J connectivity index is 1.88. The van der Waals surface area contributed by atoms with E-state index >= 15 is 0 Å². The normalized spacial score (nSPS) is 15.8. The highest BCUT2D eigenvalue weighted by atomic mass is 35.5. The molecule has 0 atom stereocenters. The molecule has 10 heteroatoms. The van der Waals surface area contributed by atoms with Gasteiger partial charge in [-0.15, -0.1) is 0 Å². The number of nitrogens with one attached hydrogen (secondary N) is 1. The summed E-state index contributed by atoms with van der Waals surface area (Å²) >= 11 is 12.0. The van der Waals surface area contributed by atoms with Crippen molar-refractivity contribution < 1.29 is 22.3 Å². The Morgan fingerprint density at radius 2 is 1.77 bits per heavy atom. The highest BCUT2D eigenvalue weighted by Gasteiger charge is 2.30. The molecule has 0 aliphatic carbocycles. The Morgan fingerprint density at radius 3 is 2.40 bits per heavy atom. The highest BCUT2D eigenvalue weighted by molar-refractivity contribution is 7.89. The molecule has 3 rings (SSSR count). The maximum Gasteiger partial charge on any atom is 0.254 e. The van der Waals surface area contributed by atoms with Crippen LogP contribution in [0, 0.1) is 5.82 Å². The molecule has 2 aromatic carbocycles. The van der Waals surface area contributed by atoms with Crippen LogP contribution in [0.5, 0.6) is 0 Å². The Morgan fingerprint density at radius 1 is 1.10 bits per heavy atom. The van der Waals surface area contributed by atoms with Crippen LogP contribution in [-0.4, -0.2) is 44.9 Å². The molecule has 2 aromatic rings. The topological polar surface area (TPSA) is 75.7 Å². The molecule has 0 radical (unpaired) electrons. The van der Waals surface area contributed by atoms with Gasteiger partial charge in [0.05, 0.1) is 39.3 Å². The number of hydrogen-bond acceptors (Lipinski definition) is 4. The van der Waals surface area contributed by atoms with Crippen molar-refractivity contribution >= 4 is 39.1 Å². The Hall–Kier alpha value is -1.71. The summed E-state index contributed by atoms with van der Waals surface area (Å²) in [6.45, 7) is 4.40. The molecule has 162 valence electrons. The van der Waals surface area contributed by atoms with E-state index < -0.39 is 27.3 Å². The summed E-state index contributed by atoms with van der Waals surface area (Å²) in [5.74, 6) is -1.57. The van der Waals surface area contributed by atoms with Crippen molar-refractivity contribution in [3.63, 3.8) is 0 Å². The number of benzene rings is 2. The van der Waals surface area contributed by atoms with E-state index in [1.807, 2.05) is 0 Å². The maximum absolute atomic E-state index is 14.4. The van der Waals surface area contributed by atoms with Crippen LogP contribution in [0.4, 0.5) is 4.39 Å². The number of ether oxygens (including phenoxy) is 1. The molecule has 0 spiro atoms. The summed E-state index contributed by atoms with van der Waals surface area (Å²) < 4.78 is 46.5. The third kappa shape index (κ3) is 4.78. The lowest BCUT2D eigenvalue weighted by molar-refractivity contribution is 0.0730. The lowest BCUT2D eigenvalue weighted by Crippen LogP contribution is -2.42. The van der Waals surface area contributed by atoms with Crippen molar-refractivity contribution in [2.45, 2.75) is 24.3 Å². The molecule has 6 nitrogen and oxygen atoms in total. The molecule has 1 heterocycles. The van der Waals surface area contributed by atoms with E-state index in [1.54, 1.807) is 32.0 Å². The van der Waals surface area contributed by atoms with E-state index in [0.717, 1.165) is 18.2 Å². The van der Waals surface area contributed by atoms with Crippen molar-refractivity contribution in [1.82, 2.24) is 9.62 Å². The molecule has 1 fully saturated rings. The van der Waals surface area contributed by atoms with Crippen LogP contribution in [0.25, 0.3) is 0 Å². The molecular weight excluding hydrogens is 454 g/mol. The quantitative estimate of drug-likeness (QED) is 0.714. The lowest BCUT2D eigenvalue weighted by Gasteiger charge is -2.28. The van der Waals surface area contributed by atoms with Gasteiger partial charge < -0.3 is 10.1 Å². The number of carbonyl (C=O) groups is 1. The van der Waals surface area contributed by atoms with E-state index in [9.17, 15) is 17.6 Å². The highest BCUT2D eigenvalue weighted by Crippen LogP contribution is 2.29. The van der Waals surface area contributed by atoms with Crippen LogP contribution < -0.4 is 5.32 Å². The van der Waals surface area contributed by atoms with Crippen LogP contribution in [0.2, 0.25) is 10.0 Å². The summed E-state index contributed by atoms with van der Waals surface area (Å²) in [5.41, 5.74) is -0.628. The van der Waals surface area contributed by atoms with Gasteiger partial charge in [-0.1, -0.05) is 29.3 Å². The van der Waals surface area contributed by atoms with Crippen LogP contribution >= 0.6 is 23.2 Å². The van der Waals surface area contributed by atoms with E-state index in [1.165, 1.54) is 4.31 Å². The molecule has 1 aliphatic rings. The Kier molecular flexibility index (Phi) is 6.74. The summed E-state index contributed by atoms with van der Waals surface area (Å²) in [6, 6.07) is 8.10. The second-order valence-electron chi connectivity index (χ2n) is 7.37. The zero-order valence-corrected chi connectivity index (χ0v) is 18.7. The second-order valence-corrected chi connectivity index (χ2v) is 10.1. The van der Waals surface area contributed by atoms with Gasteiger partial charge in [0.1, 0.15) is 5.82 Å². The van der Waals surface area contributed by atoms with Gasteiger partial charge in [0.15, 0.2) is 0 Å². The van der Waals surface area contributed by atoms with E-state index in [2.05, 4.69) is 5.32 Å². The van der Waals surface area contributed by atoms with E-state index in [0.29, 0.717) is 15.6 Å². The minimum absolute atomic E-state index is 0.150. The zero-order chi connectivity index (χ0) is 22.1. The third-order valence-electron chi connectivity index (χ3n) is 4.86. The van der Waals surface area contributed by atoms with Gasteiger partial charge in [-0.3, -0.25) is 4.79 Å². The zero-order valence-electron chi connectivity index (χ0n) is 16.4. The number of amides is 1. The largest absolute Gasteiger partial charge is 0.379 e. The summed E-state index contributed by atoms with van der Waals surface area (Å²) in [7, 11) is -3.87. The summed E-state index contributed by atoms with van der Waals surface area (Å²) in [6.07, 6.45) is 0. The fourth-order valence-electron chi connectivity index (χ4n) is 3.08. The smallest absolute Gasteiger partial charge is 0.254 e. The summed E-state index contributed by atoms with van der Waals surface area (Å²) in [4.78, 5) is 12.7.